The number of carboxylic acids is 1. The Labute approximate surface area is 144 Å². The Morgan fingerprint density at radius 3 is 2.04 bits per heavy atom. The van der Waals surface area contributed by atoms with Gasteiger partial charge in [0.25, 0.3) is 0 Å². The molecule has 0 amide bonds. The summed E-state index contributed by atoms with van der Waals surface area (Å²) in [6, 6.07) is 0. The lowest BCUT2D eigenvalue weighted by Gasteiger charge is -2.36. The fourth-order valence-electron chi connectivity index (χ4n) is 2.05. The van der Waals surface area contributed by atoms with E-state index in [1.54, 1.807) is 0 Å². The fourth-order valence-corrected chi connectivity index (χ4v) is 3.13. The van der Waals surface area contributed by atoms with E-state index in [4.69, 9.17) is 9.53 Å². The summed E-state index contributed by atoms with van der Waals surface area (Å²) in [6.45, 7) is 12.4. The molecule has 0 saturated carbocycles. The number of rotatable bonds is 13. The molecule has 0 radical (unpaired) electrons. The maximum Gasteiger partial charge on any atom is 0.303 e. The van der Waals surface area contributed by atoms with Gasteiger partial charge in [0.2, 0.25) is 0 Å². The summed E-state index contributed by atoms with van der Waals surface area (Å²) >= 11 is 0. The summed E-state index contributed by atoms with van der Waals surface area (Å²) in [6.07, 6.45) is 13.6. The molecule has 3 nitrogen and oxygen atoms in total. The topological polar surface area (TPSA) is 46.5 Å². The highest BCUT2D eigenvalue weighted by Crippen LogP contribution is 2.36. The van der Waals surface area contributed by atoms with Gasteiger partial charge in [-0.15, -0.1) is 0 Å². The summed E-state index contributed by atoms with van der Waals surface area (Å²) in [7, 11) is -1.56. The maximum absolute atomic E-state index is 10.4. The van der Waals surface area contributed by atoms with Crippen LogP contribution in [0, 0.1) is 0 Å². The Morgan fingerprint density at radius 1 is 0.957 bits per heavy atom. The highest BCUT2D eigenvalue weighted by Gasteiger charge is 2.36. The van der Waals surface area contributed by atoms with Crippen LogP contribution in [-0.2, 0) is 9.22 Å². The monoisotopic (exact) mass is 342 g/mol. The highest BCUT2D eigenvalue weighted by molar-refractivity contribution is 6.74. The molecule has 136 valence electrons. The lowest BCUT2D eigenvalue weighted by Crippen LogP contribution is -2.40. The normalized spacial score (nSPS) is 12.9. The number of hydrogen-bond acceptors (Lipinski definition) is 2. The predicted molar refractivity (Wildman–Crippen MR) is 101 cm³/mol. The molecule has 0 heterocycles. The minimum absolute atomic E-state index is 0.279. The van der Waals surface area contributed by atoms with Gasteiger partial charge in [0.15, 0.2) is 8.32 Å². The lowest BCUT2D eigenvalue weighted by atomic mass is 10.1. The van der Waals surface area contributed by atoms with Crippen molar-refractivity contribution in [1.82, 2.24) is 0 Å². The van der Waals surface area contributed by atoms with Crippen LogP contribution in [0.4, 0.5) is 0 Å². The summed E-state index contributed by atoms with van der Waals surface area (Å²) in [5.74, 6) is -0.698. The van der Waals surface area contributed by atoms with Gasteiger partial charge in [-0.05, 0) is 50.2 Å². The van der Waals surface area contributed by atoms with Crippen LogP contribution in [0.2, 0.25) is 18.1 Å². The predicted octanol–water partition coefficient (Wildman–Crippen LogP) is 6.16. The fraction of sp³-hybridized carbons (Fsp3) is 0.842. The van der Waals surface area contributed by atoms with Gasteiger partial charge in [-0.3, -0.25) is 4.79 Å². The zero-order valence-electron chi connectivity index (χ0n) is 16.0. The first kappa shape index (κ1) is 22.4. The molecule has 0 aliphatic carbocycles. The molecule has 0 bridgehead atoms. The molecule has 23 heavy (non-hydrogen) atoms. The molecule has 1 N–H and O–H groups in total. The van der Waals surface area contributed by atoms with Crippen molar-refractivity contribution in [2.45, 2.75) is 96.7 Å². The van der Waals surface area contributed by atoms with E-state index in [1.807, 2.05) is 0 Å². The molecule has 0 aliphatic heterocycles. The number of unbranched alkanes of at least 4 members (excludes halogenated alkanes) is 6. The van der Waals surface area contributed by atoms with Crippen molar-refractivity contribution in [3.8, 4) is 0 Å². The first-order valence-electron chi connectivity index (χ1n) is 9.17. The second-order valence-corrected chi connectivity index (χ2v) is 12.7. The van der Waals surface area contributed by atoms with Gasteiger partial charge in [-0.25, -0.2) is 0 Å². The number of allylic oxidation sites excluding steroid dienone is 2. The molecular formula is C19H38O3Si. The summed E-state index contributed by atoms with van der Waals surface area (Å²) in [5.41, 5.74) is 0. The number of carbonyl (C=O) groups is 1. The molecule has 0 fully saturated rings. The second kappa shape index (κ2) is 11.9. The average Bonchev–Trinajstić information content (AvgIpc) is 2.42. The Kier molecular flexibility index (Phi) is 11.5. The van der Waals surface area contributed by atoms with E-state index in [0.29, 0.717) is 5.04 Å². The van der Waals surface area contributed by atoms with Crippen LogP contribution in [-0.4, -0.2) is 26.0 Å². The molecule has 0 rings (SSSR count). The van der Waals surface area contributed by atoms with E-state index in [-0.39, 0.29) is 6.42 Å². The minimum atomic E-state index is -1.56. The molecule has 0 aliphatic rings. The molecule has 0 aromatic heterocycles. The number of hydrogen-bond donors (Lipinski definition) is 1. The molecule has 0 aromatic carbocycles. The average molecular weight is 343 g/mol. The van der Waals surface area contributed by atoms with Gasteiger partial charge in [0.05, 0.1) is 0 Å². The smallest absolute Gasteiger partial charge is 0.303 e. The van der Waals surface area contributed by atoms with E-state index in [9.17, 15) is 4.79 Å². The number of carboxylic acid groups (broad SMARTS) is 1. The van der Waals surface area contributed by atoms with Gasteiger partial charge in [0, 0.05) is 13.0 Å². The molecule has 0 unspecified atom stereocenters. The van der Waals surface area contributed by atoms with E-state index in [1.165, 1.54) is 32.1 Å². The number of aliphatic carboxylic acids is 1. The van der Waals surface area contributed by atoms with Crippen LogP contribution in [0.1, 0.15) is 78.6 Å². The van der Waals surface area contributed by atoms with Gasteiger partial charge >= 0.3 is 5.97 Å². The van der Waals surface area contributed by atoms with Crippen molar-refractivity contribution in [3.05, 3.63) is 12.2 Å². The van der Waals surface area contributed by atoms with Gasteiger partial charge in [-0.2, -0.15) is 0 Å². The Hall–Kier alpha value is -0.613. The zero-order chi connectivity index (χ0) is 17.8. The summed E-state index contributed by atoms with van der Waals surface area (Å²) in [5, 5.41) is 8.84. The summed E-state index contributed by atoms with van der Waals surface area (Å²) < 4.78 is 6.18. The lowest BCUT2D eigenvalue weighted by molar-refractivity contribution is -0.137. The van der Waals surface area contributed by atoms with Gasteiger partial charge in [0.1, 0.15) is 0 Å². The van der Waals surface area contributed by atoms with Crippen LogP contribution in [0.5, 0.6) is 0 Å². The van der Waals surface area contributed by atoms with Crippen molar-refractivity contribution in [2.75, 3.05) is 6.61 Å². The van der Waals surface area contributed by atoms with E-state index >= 15 is 0 Å². The SMILES string of the molecule is CC(C)(C)[Si](C)(C)OCCCCCCC/C=C\CCCC(=O)O. The van der Waals surface area contributed by atoms with Crippen molar-refractivity contribution in [2.24, 2.45) is 0 Å². The minimum Gasteiger partial charge on any atom is -0.481 e. The van der Waals surface area contributed by atoms with Gasteiger partial charge < -0.3 is 9.53 Å². The third-order valence-corrected chi connectivity index (χ3v) is 9.25. The van der Waals surface area contributed by atoms with Crippen LogP contribution >= 0.6 is 0 Å². The molecule has 0 aromatic rings. The van der Waals surface area contributed by atoms with Crippen molar-refractivity contribution < 1.29 is 14.3 Å². The van der Waals surface area contributed by atoms with E-state index < -0.39 is 14.3 Å². The molecule has 0 atom stereocenters. The third-order valence-electron chi connectivity index (χ3n) is 4.71. The third kappa shape index (κ3) is 12.5. The first-order valence-corrected chi connectivity index (χ1v) is 12.1. The van der Waals surface area contributed by atoms with E-state index in [0.717, 1.165) is 25.9 Å². The van der Waals surface area contributed by atoms with Crippen molar-refractivity contribution in [1.29, 1.82) is 0 Å². The first-order chi connectivity index (χ1) is 10.7. The molecule has 0 saturated heterocycles. The Balaban J connectivity index is 3.41. The largest absolute Gasteiger partial charge is 0.481 e. The highest BCUT2D eigenvalue weighted by atomic mass is 28.4. The summed E-state index contributed by atoms with van der Waals surface area (Å²) in [4.78, 5) is 10.4. The zero-order valence-corrected chi connectivity index (χ0v) is 17.0. The van der Waals surface area contributed by atoms with Crippen LogP contribution in [0.15, 0.2) is 12.2 Å². The molecule has 0 spiro atoms. The second-order valence-electron chi connectivity index (χ2n) is 7.92. The van der Waals surface area contributed by atoms with Crippen molar-refractivity contribution >= 4 is 14.3 Å². The Morgan fingerprint density at radius 2 is 1.48 bits per heavy atom. The van der Waals surface area contributed by atoms with Crippen LogP contribution in [0.3, 0.4) is 0 Å². The van der Waals surface area contributed by atoms with Crippen LogP contribution in [0.25, 0.3) is 0 Å². The van der Waals surface area contributed by atoms with E-state index in [2.05, 4.69) is 46.0 Å². The van der Waals surface area contributed by atoms with Gasteiger partial charge in [-0.1, -0.05) is 52.2 Å². The standard InChI is InChI=1S/C19H38O3Si/c1-19(2,3)23(4,5)22-17-15-13-11-9-7-6-8-10-12-14-16-18(20)21/h8,10H,6-7,9,11-17H2,1-5H3,(H,20,21)/b10-8-. The van der Waals surface area contributed by atoms with Crippen LogP contribution < -0.4 is 0 Å². The maximum atomic E-state index is 10.4. The quantitative estimate of drug-likeness (QED) is 0.248. The van der Waals surface area contributed by atoms with Crippen molar-refractivity contribution in [3.63, 3.8) is 0 Å². The molecular weight excluding hydrogens is 304 g/mol. The Bertz CT molecular complexity index is 343. The molecule has 4 heteroatoms.